The second-order valence-electron chi connectivity index (χ2n) is 29.2. The third kappa shape index (κ3) is 24.0. The number of imide groups is 1. The van der Waals surface area contributed by atoms with Crippen LogP contribution in [0.2, 0.25) is 0 Å². The van der Waals surface area contributed by atoms with Gasteiger partial charge in [0.15, 0.2) is 48.2 Å². The number of ketones is 1. The molecule has 3 aromatic carbocycles. The van der Waals surface area contributed by atoms with Crippen molar-refractivity contribution in [1.29, 1.82) is 0 Å². The Balaban J connectivity index is 0.578. The number of likely N-dealkylation sites (tertiary alicyclic amines) is 1. The van der Waals surface area contributed by atoms with Gasteiger partial charge in [0, 0.05) is 50.7 Å². The summed E-state index contributed by atoms with van der Waals surface area (Å²) in [5.41, 5.74) is 7.17. The number of nitrogens with two attached hydrogens (primary N) is 1. The molecule has 10 N–H and O–H groups in total. The van der Waals surface area contributed by atoms with Crippen molar-refractivity contribution >= 4 is 102 Å². The molecule has 8 heterocycles. The number of nitrogen functional groups attached to an aromatic ring is 1. The summed E-state index contributed by atoms with van der Waals surface area (Å²) in [6, 6.07) is 16.2. The number of anilines is 2. The Hall–Kier alpha value is -8.83. The molecule has 6 aliphatic rings. The molecule has 5 aromatic rings. The van der Waals surface area contributed by atoms with Gasteiger partial charge in [-0.2, -0.15) is 0 Å². The van der Waals surface area contributed by atoms with Crippen LogP contribution in [0.4, 0.5) is 20.3 Å². The molecule has 37 nitrogen and oxygen atoms in total. The molecule has 6 aliphatic heterocycles. The Kier molecular flexibility index (Phi) is 31.9. The Labute approximate surface area is 679 Å². The average molecular weight is 1710 g/mol. The number of benzene rings is 3. The molecule has 0 saturated carbocycles. The van der Waals surface area contributed by atoms with E-state index in [1.165, 1.54) is 35.2 Å². The minimum Gasteiger partial charge on any atom is -0.494 e. The summed E-state index contributed by atoms with van der Waals surface area (Å²) < 4.78 is 126. The van der Waals surface area contributed by atoms with Crippen LogP contribution in [0, 0.1) is 5.92 Å². The van der Waals surface area contributed by atoms with E-state index in [-0.39, 0.29) is 108 Å². The molecule has 0 radical (unpaired) electrons. The number of hydrogen-bond acceptors (Lipinski definition) is 31. The lowest BCUT2D eigenvalue weighted by Crippen LogP contribution is -2.61. The summed E-state index contributed by atoms with van der Waals surface area (Å²) in [7, 11) is -5.28. The fourth-order valence-corrected chi connectivity index (χ4v) is 18.1. The van der Waals surface area contributed by atoms with Crippen molar-refractivity contribution in [1.82, 2.24) is 40.0 Å². The molecule has 42 heteroatoms. The zero-order chi connectivity index (χ0) is 84.4. The number of carbonyl (C=O) groups is 9. The van der Waals surface area contributed by atoms with Crippen LogP contribution in [0.1, 0.15) is 151 Å². The van der Waals surface area contributed by atoms with Crippen molar-refractivity contribution in [3.05, 3.63) is 108 Å². The number of ether oxygens (including phenoxy) is 7. The van der Waals surface area contributed by atoms with E-state index in [1.54, 1.807) is 36.4 Å². The number of nitrogens with zero attached hydrogens (tertiary/aromatic N) is 6. The number of carbonyl (C=O) groups excluding carboxylic acids is 8. The van der Waals surface area contributed by atoms with E-state index >= 15 is 13.3 Å². The van der Waals surface area contributed by atoms with E-state index in [0.717, 1.165) is 92.2 Å². The van der Waals surface area contributed by atoms with E-state index in [4.69, 9.17) is 57.0 Å². The van der Waals surface area contributed by atoms with E-state index < -0.39 is 156 Å². The van der Waals surface area contributed by atoms with Gasteiger partial charge in [-0.05, 0) is 115 Å². The van der Waals surface area contributed by atoms with Crippen LogP contribution in [-0.4, -0.2) is 227 Å². The molecule has 16 atom stereocenters. The van der Waals surface area contributed by atoms with Crippen molar-refractivity contribution < 1.29 is 138 Å². The van der Waals surface area contributed by atoms with Crippen LogP contribution in [0.5, 0.6) is 17.2 Å². The predicted octanol–water partition coefficient (Wildman–Crippen LogP) is 6.87. The molecular weight excluding hydrogens is 1620 g/mol. The highest BCUT2D eigenvalue weighted by Gasteiger charge is 2.57. The first-order valence-corrected chi connectivity index (χ1v) is 43.5. The number of fused-ring (bicyclic) bond motifs is 3. The zero-order valence-electron chi connectivity index (χ0n) is 64.5. The minimum absolute atomic E-state index is 0.00771. The molecule has 5 saturated heterocycles. The Morgan fingerprint density at radius 3 is 2.08 bits per heavy atom. The Morgan fingerprint density at radius 2 is 1.37 bits per heavy atom. The number of phosphoric ester groups is 1. The number of carboxylic acid groups (broad SMARTS) is 1. The first kappa shape index (κ1) is 89.9. The second kappa shape index (κ2) is 41.9. The summed E-state index contributed by atoms with van der Waals surface area (Å²) in [6.45, 7) is -1.78. The number of carboxylic acids is 1. The summed E-state index contributed by atoms with van der Waals surface area (Å²) in [4.78, 5) is 139. The topological polar surface area (TPSA) is 503 Å². The molecule has 11 rings (SSSR count). The summed E-state index contributed by atoms with van der Waals surface area (Å²) in [5, 5.41) is 49.7. The van der Waals surface area contributed by atoms with Gasteiger partial charge in [-0.25, -0.2) is 42.5 Å². The Bertz CT molecular complexity index is 4480. The largest absolute Gasteiger partial charge is 0.494 e. The number of aliphatic carboxylic acids is 1. The van der Waals surface area contributed by atoms with Gasteiger partial charge in [0.1, 0.15) is 78.4 Å². The number of alkyl halides is 2. The maximum Gasteiger partial charge on any atom is 0.472 e. The van der Waals surface area contributed by atoms with Gasteiger partial charge in [0.2, 0.25) is 35.8 Å². The smallest absolute Gasteiger partial charge is 0.472 e. The highest BCUT2D eigenvalue weighted by atomic mass is 32.7. The number of aliphatic hydroxyl groups excluding tert-OH is 3. The fourth-order valence-electron chi connectivity index (χ4n) is 13.7. The normalized spacial score (nSPS) is 27.0. The predicted molar refractivity (Wildman–Crippen MR) is 411 cm³/mol. The zero-order valence-corrected chi connectivity index (χ0v) is 67.1. The molecule has 5 amide bonds. The highest BCUT2D eigenvalue weighted by Crippen LogP contribution is 2.65. The van der Waals surface area contributed by atoms with Crippen molar-refractivity contribution in [3.63, 3.8) is 0 Å². The number of aromatic nitrogens is 4. The van der Waals surface area contributed by atoms with Gasteiger partial charge in [-0.15, -0.1) is 0 Å². The molecule has 642 valence electrons. The molecule has 0 aliphatic carbocycles. The molecule has 118 heavy (non-hydrogen) atoms. The monoisotopic (exact) mass is 1710 g/mol. The molecule has 5 fully saturated rings. The SMILES string of the molecule is CC(C)[C@H](NCCCCCN1C(=O)CCC1=O)C(=O)NCCC(=O)Nc1cc(COC(=O)CCCCCCCCCCCOc2ccc(C(=O)Oc3ccc(CSP4(=O)OC[C@H]5O[C@@H](n6cnc7c(N)ncnc76)[C@H](F)[C@@H]5OP(=O)(O)OC[C@H]5O[C@@H](N6C=CC(=O)CC6=O)[C@H](F)[C@@H]5O4)cc3)cc2)ccc1O[C@H]1O[C@H](C(=O)O)[C@@H](O)[C@H](O)[C@H]1O. The number of nitrogens with one attached hydrogen (secondary N) is 3. The fraction of sp³-hybridized carbons (Fsp3) is 0.553. The van der Waals surface area contributed by atoms with Gasteiger partial charge >= 0.3 is 32.5 Å². The lowest BCUT2D eigenvalue weighted by Gasteiger charge is -2.38. The number of aliphatic hydroxyl groups is 3. The second-order valence-corrected chi connectivity index (χ2v) is 34.7. The number of hydrogen-bond donors (Lipinski definition) is 9. The van der Waals surface area contributed by atoms with Crippen molar-refractivity contribution in [2.75, 3.05) is 50.5 Å². The number of unbranched alkanes of at least 4 members (excludes halogenated alkanes) is 10. The average Bonchev–Trinajstić information content (AvgIpc) is 1.59. The Morgan fingerprint density at radius 1 is 0.720 bits per heavy atom. The quantitative estimate of drug-likeness (QED) is 0.00486. The number of rotatable bonds is 38. The van der Waals surface area contributed by atoms with E-state index in [1.807, 2.05) is 13.8 Å². The van der Waals surface area contributed by atoms with Crippen LogP contribution < -0.4 is 35.9 Å². The van der Waals surface area contributed by atoms with Crippen LogP contribution in [-0.2, 0) is 96.9 Å². The number of allylic oxidation sites excluding steroid dienone is 1. The third-order valence-electron chi connectivity index (χ3n) is 20.2. The lowest BCUT2D eigenvalue weighted by molar-refractivity contribution is -0.271. The van der Waals surface area contributed by atoms with E-state index in [2.05, 4.69) is 30.9 Å². The van der Waals surface area contributed by atoms with Gasteiger partial charge in [0.05, 0.1) is 49.9 Å². The van der Waals surface area contributed by atoms with Gasteiger partial charge < -0.3 is 80.2 Å². The lowest BCUT2D eigenvalue weighted by atomic mass is 9.99. The molecular formula is C76H96F2N10O27P2S. The number of phosphoric acid groups is 1. The maximum absolute atomic E-state index is 16.7. The first-order chi connectivity index (χ1) is 56.5. The van der Waals surface area contributed by atoms with Crippen molar-refractivity contribution in [2.45, 2.75) is 221 Å². The standard InChI is InChI=1S/C76H96F2N10O27P2S/c1-43(2)61(80-30-12-10-13-32-86-55(91)26-27-56(86)92)71(98)81-31-28-54(90)85-50-35-45(18-25-51(50)112-76-65(97)63(95)64(96)68(113-76)74(99)100)37-106-58(94)15-11-8-6-4-3-5-7-9-14-34-105-48-23-19-46(20-24-48)75(101)109-49-21-16-44(17-22-49)40-118-117(104)108-39-53-66(59(77)73(111-53)88-42-84-62-69(79)82-41-83-70(62)88)114-116(102,103)107-38-52-67(115-117)60(78)72(110-52)87-33-29-47(89)36-57(87)93/h16-25,29,33,35,41-43,52-53,59-61,63-68,72-73,76,80,95-97H,3-15,26-28,30-32,34,36-40H2,1-2H3,(H,81,98)(H,85,90)(H,99,100)(H,102,103)(H2,79,82,83)/t52-,53-,59-,60-,61+,63+,64+,65-,66-,67-,68+,72-,73-,76+,117?/m1/s1. The summed E-state index contributed by atoms with van der Waals surface area (Å²) >= 11 is 0.571. The van der Waals surface area contributed by atoms with Crippen LogP contribution in [0.3, 0.4) is 0 Å². The van der Waals surface area contributed by atoms with E-state index in [9.17, 15) is 73.0 Å². The number of esters is 2. The molecule has 2 aromatic heterocycles. The van der Waals surface area contributed by atoms with Gasteiger partial charge in [-0.1, -0.05) is 83.4 Å². The number of imidazole rings is 1. The maximum atomic E-state index is 16.7. The summed E-state index contributed by atoms with van der Waals surface area (Å²) in [6.07, 6.45) is -10.8. The summed E-state index contributed by atoms with van der Waals surface area (Å²) in [5.74, 6) is -5.20. The molecule has 2 unspecified atom stereocenters. The van der Waals surface area contributed by atoms with Crippen molar-refractivity contribution in [3.8, 4) is 17.2 Å². The van der Waals surface area contributed by atoms with Crippen LogP contribution >= 0.6 is 26.0 Å². The third-order valence-corrected chi connectivity index (χ3v) is 24.8. The first-order valence-electron chi connectivity index (χ1n) is 38.9. The van der Waals surface area contributed by atoms with Gasteiger partial charge in [0.25, 0.3) is 0 Å². The molecule has 0 spiro atoms. The highest BCUT2D eigenvalue weighted by molar-refractivity contribution is 8.54. The number of amides is 5. The van der Waals surface area contributed by atoms with E-state index in [0.29, 0.717) is 67.2 Å². The van der Waals surface area contributed by atoms with Crippen LogP contribution in [0.15, 0.2) is 91.7 Å². The minimum atomic E-state index is -5.28. The number of halogens is 2. The van der Waals surface area contributed by atoms with Crippen molar-refractivity contribution in [2.24, 2.45) is 5.92 Å². The molecule has 0 bridgehead atoms. The van der Waals surface area contributed by atoms with Crippen LogP contribution in [0.25, 0.3) is 11.2 Å². The van der Waals surface area contributed by atoms with Gasteiger partial charge in [-0.3, -0.25) is 66.0 Å².